The van der Waals surface area contributed by atoms with E-state index in [4.69, 9.17) is 8.83 Å². The van der Waals surface area contributed by atoms with E-state index >= 15 is 0 Å². The number of aryl methyl sites for hydroxylation is 1. The molecule has 0 amide bonds. The lowest BCUT2D eigenvalue weighted by Gasteiger charge is -2.23. The summed E-state index contributed by atoms with van der Waals surface area (Å²) >= 11 is 0. The second kappa shape index (κ2) is 7.95. The third-order valence-corrected chi connectivity index (χ3v) is 7.67. The van der Waals surface area contributed by atoms with Crippen molar-refractivity contribution >= 4 is 33.4 Å². The van der Waals surface area contributed by atoms with Crippen molar-refractivity contribution in [2.75, 3.05) is 5.32 Å². The van der Waals surface area contributed by atoms with Crippen molar-refractivity contribution in [3.8, 4) is 22.5 Å². The molecular weight excluding hydrogens is 450 g/mol. The molecule has 36 heavy (non-hydrogen) atoms. The highest BCUT2D eigenvalue weighted by molar-refractivity contribution is 6.28. The van der Waals surface area contributed by atoms with Gasteiger partial charge in [-0.05, 0) is 37.3 Å². The number of hydrogen-bond donors (Lipinski definition) is 1. The number of benzene rings is 3. The monoisotopic (exact) mass is 475 g/mol. The van der Waals surface area contributed by atoms with Gasteiger partial charge in [0.15, 0.2) is 5.78 Å². The fourth-order valence-electron chi connectivity index (χ4n) is 5.90. The Kier molecular flexibility index (Phi) is 4.68. The summed E-state index contributed by atoms with van der Waals surface area (Å²) in [5.41, 5.74) is 4.10. The summed E-state index contributed by atoms with van der Waals surface area (Å²) in [6.07, 6.45) is 7.05. The number of nitrogens with one attached hydrogen (secondary N) is 1. The van der Waals surface area contributed by atoms with Gasteiger partial charge < -0.3 is 14.2 Å². The maximum atomic E-state index is 14.0. The van der Waals surface area contributed by atoms with Gasteiger partial charge in [0, 0.05) is 22.6 Å². The summed E-state index contributed by atoms with van der Waals surface area (Å²) in [5.74, 6) is 0.860. The molecule has 178 valence electrons. The molecule has 7 rings (SSSR count). The van der Waals surface area contributed by atoms with Gasteiger partial charge in [0.25, 0.3) is 0 Å². The number of anilines is 1. The molecule has 1 fully saturated rings. The number of fused-ring (bicyclic) bond motifs is 3. The standard InChI is InChI=1S/C31H25NO4/c1-17-13-14-24-22(15-17)28(33)23(16-35-24)26-27-29(34)20-11-5-7-18-8-6-12-21(25(18)20)30(27)36-31(26)32-19-9-3-2-4-10-19/h5-8,11-16,19,32H,2-4,9-10H2,1H3. The van der Waals surface area contributed by atoms with Gasteiger partial charge in [-0.3, -0.25) is 9.59 Å². The maximum absolute atomic E-state index is 14.0. The Bertz CT molecular complexity index is 1750. The number of hydrogen-bond acceptors (Lipinski definition) is 5. The summed E-state index contributed by atoms with van der Waals surface area (Å²) in [6.45, 7) is 1.95. The first-order chi connectivity index (χ1) is 17.6. The fourth-order valence-corrected chi connectivity index (χ4v) is 5.90. The molecule has 0 spiro atoms. The Morgan fingerprint density at radius 2 is 1.64 bits per heavy atom. The number of carbonyl (C=O) groups excluding carboxylic acids is 1. The molecular formula is C31H25NO4. The van der Waals surface area contributed by atoms with E-state index in [0.717, 1.165) is 47.6 Å². The van der Waals surface area contributed by atoms with Crippen LogP contribution in [0.5, 0.6) is 0 Å². The summed E-state index contributed by atoms with van der Waals surface area (Å²) in [6, 6.07) is 17.5. The van der Waals surface area contributed by atoms with Gasteiger partial charge in [0.05, 0.1) is 22.1 Å². The molecule has 5 aromatic rings. The van der Waals surface area contributed by atoms with Crippen LogP contribution in [0.1, 0.15) is 53.6 Å². The molecule has 0 radical (unpaired) electrons. The summed E-state index contributed by atoms with van der Waals surface area (Å²) in [5, 5.41) is 5.95. The van der Waals surface area contributed by atoms with Crippen molar-refractivity contribution in [3.05, 3.63) is 87.8 Å². The first kappa shape index (κ1) is 21.2. The third kappa shape index (κ3) is 3.08. The Labute approximate surface area is 207 Å². The van der Waals surface area contributed by atoms with Gasteiger partial charge in [0.2, 0.25) is 11.3 Å². The van der Waals surface area contributed by atoms with Crippen molar-refractivity contribution in [2.24, 2.45) is 0 Å². The van der Waals surface area contributed by atoms with Crippen molar-refractivity contribution in [1.29, 1.82) is 0 Å². The van der Waals surface area contributed by atoms with Crippen LogP contribution in [0.3, 0.4) is 0 Å². The van der Waals surface area contributed by atoms with E-state index in [2.05, 4.69) is 5.32 Å². The highest BCUT2D eigenvalue weighted by atomic mass is 16.4. The molecule has 0 saturated heterocycles. The molecule has 1 saturated carbocycles. The van der Waals surface area contributed by atoms with Crippen molar-refractivity contribution in [1.82, 2.24) is 0 Å². The Morgan fingerprint density at radius 3 is 2.44 bits per heavy atom. The first-order valence-electron chi connectivity index (χ1n) is 12.6. The van der Waals surface area contributed by atoms with Crippen LogP contribution in [-0.4, -0.2) is 11.8 Å². The molecule has 1 N–H and O–H groups in total. The first-order valence-corrected chi connectivity index (χ1v) is 12.6. The van der Waals surface area contributed by atoms with Crippen LogP contribution >= 0.6 is 0 Å². The molecule has 0 bridgehead atoms. The predicted molar refractivity (Wildman–Crippen MR) is 142 cm³/mol. The molecule has 5 nitrogen and oxygen atoms in total. The molecule has 2 aliphatic rings. The van der Waals surface area contributed by atoms with Gasteiger partial charge >= 0.3 is 0 Å². The van der Waals surface area contributed by atoms with E-state index < -0.39 is 0 Å². The Hall–Kier alpha value is -4.12. The Balaban J connectivity index is 1.53. The molecule has 0 unspecified atom stereocenters. The van der Waals surface area contributed by atoms with Gasteiger partial charge in [-0.2, -0.15) is 0 Å². The molecule has 5 heteroatoms. The zero-order valence-corrected chi connectivity index (χ0v) is 20.0. The summed E-state index contributed by atoms with van der Waals surface area (Å²) < 4.78 is 12.4. The maximum Gasteiger partial charge on any atom is 0.202 e. The van der Waals surface area contributed by atoms with Crippen LogP contribution in [0.15, 0.2) is 74.5 Å². The normalized spacial score (nSPS) is 15.4. The van der Waals surface area contributed by atoms with E-state index in [-0.39, 0.29) is 17.3 Å². The van der Waals surface area contributed by atoms with Crippen LogP contribution in [0, 0.1) is 6.92 Å². The average Bonchev–Trinajstić information content (AvgIpc) is 3.27. The van der Waals surface area contributed by atoms with Crippen molar-refractivity contribution in [2.45, 2.75) is 45.1 Å². The lowest BCUT2D eigenvalue weighted by Crippen LogP contribution is -2.22. The van der Waals surface area contributed by atoms with Gasteiger partial charge in [-0.1, -0.05) is 67.3 Å². The van der Waals surface area contributed by atoms with Crippen LogP contribution in [-0.2, 0) is 0 Å². The Morgan fingerprint density at radius 1 is 0.861 bits per heavy atom. The van der Waals surface area contributed by atoms with E-state index in [0.29, 0.717) is 44.9 Å². The fraction of sp³-hybridized carbons (Fsp3) is 0.226. The minimum absolute atomic E-state index is 0.131. The average molecular weight is 476 g/mol. The highest BCUT2D eigenvalue weighted by Gasteiger charge is 2.36. The number of ketones is 1. The van der Waals surface area contributed by atoms with Crippen LogP contribution in [0.25, 0.3) is 44.2 Å². The number of carbonyl (C=O) groups is 1. The molecule has 2 heterocycles. The zero-order valence-electron chi connectivity index (χ0n) is 20.0. The second-order valence-corrected chi connectivity index (χ2v) is 10.0. The van der Waals surface area contributed by atoms with Crippen LogP contribution in [0.4, 0.5) is 5.88 Å². The minimum atomic E-state index is -0.167. The lowest BCUT2D eigenvalue weighted by atomic mass is 9.84. The lowest BCUT2D eigenvalue weighted by molar-refractivity contribution is 0.104. The van der Waals surface area contributed by atoms with Gasteiger partial charge in [-0.15, -0.1) is 0 Å². The molecule has 2 aromatic heterocycles. The van der Waals surface area contributed by atoms with Crippen molar-refractivity contribution < 1.29 is 13.6 Å². The number of furan rings is 1. The van der Waals surface area contributed by atoms with E-state index in [1.54, 1.807) is 0 Å². The van der Waals surface area contributed by atoms with Crippen molar-refractivity contribution in [3.63, 3.8) is 0 Å². The number of rotatable bonds is 3. The van der Waals surface area contributed by atoms with Crippen LogP contribution in [0.2, 0.25) is 0 Å². The minimum Gasteiger partial charge on any atom is -0.463 e. The quantitative estimate of drug-likeness (QED) is 0.287. The van der Waals surface area contributed by atoms with E-state index in [1.807, 2.05) is 61.5 Å². The van der Waals surface area contributed by atoms with Crippen LogP contribution < -0.4 is 10.7 Å². The van der Waals surface area contributed by atoms with Gasteiger partial charge in [-0.25, -0.2) is 0 Å². The molecule has 2 aliphatic carbocycles. The second-order valence-electron chi connectivity index (χ2n) is 10.0. The molecule has 0 atom stereocenters. The predicted octanol–water partition coefficient (Wildman–Crippen LogP) is 7.47. The van der Waals surface area contributed by atoms with Gasteiger partial charge in [0.1, 0.15) is 17.6 Å². The molecule has 3 aromatic carbocycles. The highest BCUT2D eigenvalue weighted by Crippen LogP contribution is 2.48. The SMILES string of the molecule is Cc1ccc2occ(-c3c(NC4CCCCC4)oc4c3C(=O)c3cccc5cccc-4c35)c(=O)c2c1. The zero-order chi connectivity index (χ0) is 24.4. The summed E-state index contributed by atoms with van der Waals surface area (Å²) in [4.78, 5) is 27.8. The largest absolute Gasteiger partial charge is 0.463 e. The smallest absolute Gasteiger partial charge is 0.202 e. The third-order valence-electron chi connectivity index (χ3n) is 7.67. The van der Waals surface area contributed by atoms with E-state index in [1.165, 1.54) is 12.7 Å². The molecule has 0 aliphatic heterocycles. The topological polar surface area (TPSA) is 72.5 Å². The summed E-state index contributed by atoms with van der Waals surface area (Å²) in [7, 11) is 0. The van der Waals surface area contributed by atoms with E-state index in [9.17, 15) is 9.59 Å².